The maximum atomic E-state index is 12.1. The summed E-state index contributed by atoms with van der Waals surface area (Å²) >= 11 is 0. The van der Waals surface area contributed by atoms with Crippen molar-refractivity contribution in [3.8, 4) is 0 Å². The fraction of sp³-hybridized carbons (Fsp3) is 0.706. The summed E-state index contributed by atoms with van der Waals surface area (Å²) in [6.45, 7) is 7.14. The molecule has 1 saturated carbocycles. The SMILES string of the molecule is CC1CC1c1ccc(CCC(=O)N2CC(O)(C(C)C)C2)o1. The molecule has 4 nitrogen and oxygen atoms in total. The quantitative estimate of drug-likeness (QED) is 0.907. The minimum Gasteiger partial charge on any atom is -0.466 e. The van der Waals surface area contributed by atoms with Crippen LogP contribution in [0.3, 0.4) is 0 Å². The highest BCUT2D eigenvalue weighted by Crippen LogP contribution is 2.47. The Morgan fingerprint density at radius 1 is 1.48 bits per heavy atom. The molecule has 2 unspecified atom stereocenters. The number of likely N-dealkylation sites (tertiary alicyclic amines) is 1. The molecule has 2 fully saturated rings. The van der Waals surface area contributed by atoms with Crippen LogP contribution in [0.4, 0.5) is 0 Å². The molecule has 4 heteroatoms. The van der Waals surface area contributed by atoms with Gasteiger partial charge >= 0.3 is 0 Å². The van der Waals surface area contributed by atoms with E-state index in [1.165, 1.54) is 6.42 Å². The number of aryl methyl sites for hydroxylation is 1. The predicted molar refractivity (Wildman–Crippen MR) is 79.9 cm³/mol. The lowest BCUT2D eigenvalue weighted by molar-refractivity contribution is -0.163. The van der Waals surface area contributed by atoms with E-state index in [4.69, 9.17) is 4.42 Å². The highest BCUT2D eigenvalue weighted by atomic mass is 16.3. The van der Waals surface area contributed by atoms with Gasteiger partial charge in [-0.15, -0.1) is 0 Å². The van der Waals surface area contributed by atoms with Crippen LogP contribution < -0.4 is 0 Å². The molecule has 1 aromatic rings. The van der Waals surface area contributed by atoms with Crippen molar-refractivity contribution in [1.82, 2.24) is 4.90 Å². The Bertz CT molecular complexity index is 528. The van der Waals surface area contributed by atoms with Gasteiger partial charge in [0.1, 0.15) is 17.1 Å². The first-order valence-electron chi connectivity index (χ1n) is 7.98. The second-order valence-corrected chi connectivity index (χ2v) is 7.13. The Labute approximate surface area is 126 Å². The summed E-state index contributed by atoms with van der Waals surface area (Å²) in [5, 5.41) is 10.2. The first kappa shape index (κ1) is 14.6. The molecule has 3 rings (SSSR count). The van der Waals surface area contributed by atoms with Crippen molar-refractivity contribution < 1.29 is 14.3 Å². The number of aliphatic hydroxyl groups is 1. The minimum absolute atomic E-state index is 0.109. The van der Waals surface area contributed by atoms with E-state index >= 15 is 0 Å². The molecule has 2 heterocycles. The first-order chi connectivity index (χ1) is 9.89. The molecular formula is C17H25NO3. The largest absolute Gasteiger partial charge is 0.466 e. The van der Waals surface area contributed by atoms with Crippen molar-refractivity contribution in [2.45, 2.75) is 51.6 Å². The summed E-state index contributed by atoms with van der Waals surface area (Å²) in [6.07, 6.45) is 2.32. The molecule has 116 valence electrons. The molecule has 0 radical (unpaired) electrons. The molecular weight excluding hydrogens is 266 g/mol. The zero-order valence-electron chi connectivity index (χ0n) is 13.1. The smallest absolute Gasteiger partial charge is 0.223 e. The van der Waals surface area contributed by atoms with Gasteiger partial charge in [0.05, 0.1) is 13.1 Å². The number of hydrogen-bond acceptors (Lipinski definition) is 3. The molecule has 0 aromatic carbocycles. The van der Waals surface area contributed by atoms with E-state index in [9.17, 15) is 9.90 Å². The molecule has 2 aliphatic rings. The fourth-order valence-corrected chi connectivity index (χ4v) is 2.99. The number of nitrogens with zero attached hydrogens (tertiary/aromatic N) is 1. The third-order valence-electron chi connectivity index (χ3n) is 5.10. The molecule has 0 bridgehead atoms. The molecule has 1 saturated heterocycles. The maximum Gasteiger partial charge on any atom is 0.223 e. The van der Waals surface area contributed by atoms with Crippen LogP contribution in [0.2, 0.25) is 0 Å². The van der Waals surface area contributed by atoms with Crippen molar-refractivity contribution in [3.05, 3.63) is 23.7 Å². The second-order valence-electron chi connectivity index (χ2n) is 7.13. The predicted octanol–water partition coefficient (Wildman–Crippen LogP) is 2.56. The zero-order chi connectivity index (χ0) is 15.2. The van der Waals surface area contributed by atoms with Gasteiger partial charge in [0.15, 0.2) is 0 Å². The number of furan rings is 1. The van der Waals surface area contributed by atoms with Gasteiger partial charge in [0.2, 0.25) is 5.91 Å². The number of rotatable bonds is 5. The molecule has 1 N–H and O–H groups in total. The second kappa shape index (κ2) is 5.16. The van der Waals surface area contributed by atoms with Crippen LogP contribution >= 0.6 is 0 Å². The van der Waals surface area contributed by atoms with Crippen LogP contribution in [0.25, 0.3) is 0 Å². The summed E-state index contributed by atoms with van der Waals surface area (Å²) in [4.78, 5) is 13.8. The summed E-state index contributed by atoms with van der Waals surface area (Å²) in [7, 11) is 0. The molecule has 1 aliphatic carbocycles. The van der Waals surface area contributed by atoms with Crippen molar-refractivity contribution in [3.63, 3.8) is 0 Å². The zero-order valence-corrected chi connectivity index (χ0v) is 13.1. The third-order valence-corrected chi connectivity index (χ3v) is 5.10. The fourth-order valence-electron chi connectivity index (χ4n) is 2.99. The van der Waals surface area contributed by atoms with E-state index in [0.717, 1.165) is 17.4 Å². The van der Waals surface area contributed by atoms with Gasteiger partial charge in [-0.3, -0.25) is 4.79 Å². The number of hydrogen-bond donors (Lipinski definition) is 1. The van der Waals surface area contributed by atoms with Crippen molar-refractivity contribution in [1.29, 1.82) is 0 Å². The Morgan fingerprint density at radius 2 is 2.14 bits per heavy atom. The van der Waals surface area contributed by atoms with Crippen molar-refractivity contribution >= 4 is 5.91 Å². The van der Waals surface area contributed by atoms with Gasteiger partial charge in [-0.25, -0.2) is 0 Å². The minimum atomic E-state index is -0.685. The number of carbonyl (C=O) groups excluding carboxylic acids is 1. The highest BCUT2D eigenvalue weighted by molar-refractivity contribution is 5.77. The van der Waals surface area contributed by atoms with Crippen LogP contribution in [0.1, 0.15) is 51.1 Å². The molecule has 0 spiro atoms. The molecule has 2 atom stereocenters. The van der Waals surface area contributed by atoms with Gasteiger partial charge in [-0.05, 0) is 30.4 Å². The summed E-state index contributed by atoms with van der Waals surface area (Å²) < 4.78 is 5.82. The highest BCUT2D eigenvalue weighted by Gasteiger charge is 2.45. The summed E-state index contributed by atoms with van der Waals surface area (Å²) in [5.74, 6) is 3.60. The van der Waals surface area contributed by atoms with Crippen LogP contribution in [0.15, 0.2) is 16.5 Å². The lowest BCUT2D eigenvalue weighted by atomic mass is 9.83. The number of carbonyl (C=O) groups is 1. The Hall–Kier alpha value is -1.29. The van der Waals surface area contributed by atoms with E-state index in [-0.39, 0.29) is 11.8 Å². The molecule has 1 amide bonds. The topological polar surface area (TPSA) is 53.7 Å². The van der Waals surface area contributed by atoms with Gasteiger partial charge in [0, 0.05) is 18.8 Å². The van der Waals surface area contributed by atoms with Crippen LogP contribution in [0, 0.1) is 11.8 Å². The average molecular weight is 291 g/mol. The molecule has 1 aliphatic heterocycles. The first-order valence-corrected chi connectivity index (χ1v) is 7.98. The van der Waals surface area contributed by atoms with E-state index in [0.29, 0.717) is 31.8 Å². The molecule has 1 aromatic heterocycles. The number of amides is 1. The van der Waals surface area contributed by atoms with Gasteiger partial charge in [-0.1, -0.05) is 20.8 Å². The molecule has 21 heavy (non-hydrogen) atoms. The standard InChI is InChI=1S/C17H25NO3/c1-11(2)17(20)9-18(10-17)16(19)7-5-13-4-6-15(21-13)14-8-12(14)3/h4,6,11-12,14,20H,5,7-10H2,1-3H3. The van der Waals surface area contributed by atoms with Gasteiger partial charge in [-0.2, -0.15) is 0 Å². The maximum absolute atomic E-state index is 12.1. The summed E-state index contributed by atoms with van der Waals surface area (Å²) in [6, 6.07) is 4.04. The summed E-state index contributed by atoms with van der Waals surface area (Å²) in [5.41, 5.74) is -0.685. The van der Waals surface area contributed by atoms with E-state index in [2.05, 4.69) is 13.0 Å². The van der Waals surface area contributed by atoms with Gasteiger partial charge in [0.25, 0.3) is 0 Å². The lowest BCUT2D eigenvalue weighted by Crippen LogP contribution is -2.65. The third kappa shape index (κ3) is 2.86. The van der Waals surface area contributed by atoms with Crippen LogP contribution in [-0.2, 0) is 11.2 Å². The number of β-amino-alcohol motifs (C(OH)–C–C–N with tert-alkyl or cyclic N) is 1. The van der Waals surface area contributed by atoms with Crippen molar-refractivity contribution in [2.24, 2.45) is 11.8 Å². The Balaban J connectivity index is 1.45. The van der Waals surface area contributed by atoms with Crippen molar-refractivity contribution in [2.75, 3.05) is 13.1 Å². The van der Waals surface area contributed by atoms with Crippen LogP contribution in [0.5, 0.6) is 0 Å². The van der Waals surface area contributed by atoms with E-state index < -0.39 is 5.60 Å². The Kier molecular flexibility index (Phi) is 3.60. The van der Waals surface area contributed by atoms with E-state index in [1.54, 1.807) is 4.90 Å². The lowest BCUT2D eigenvalue weighted by Gasteiger charge is -2.49. The average Bonchev–Trinajstić information content (AvgIpc) is 2.95. The van der Waals surface area contributed by atoms with Gasteiger partial charge < -0.3 is 14.4 Å². The Morgan fingerprint density at radius 3 is 2.71 bits per heavy atom. The van der Waals surface area contributed by atoms with E-state index in [1.807, 2.05) is 19.9 Å². The normalized spacial score (nSPS) is 26.8. The monoisotopic (exact) mass is 291 g/mol. The van der Waals surface area contributed by atoms with Crippen LogP contribution in [-0.4, -0.2) is 34.6 Å².